The Bertz CT molecular complexity index is 989. The number of rotatable bonds is 6. The number of hydrogen-bond acceptors (Lipinski definition) is 4. The molecule has 1 saturated heterocycles. The number of amides is 1. The molecule has 5 nitrogen and oxygen atoms in total. The van der Waals surface area contributed by atoms with Crippen LogP contribution in [0.5, 0.6) is 0 Å². The SMILES string of the molecule is CN(Cc1cc(-c2ccccc2)on1)[C@H]1CCC(=O)N(Cc2cccc(Cl)c2)CC1. The van der Waals surface area contributed by atoms with Crippen molar-refractivity contribution in [3.8, 4) is 11.3 Å². The molecule has 3 aromatic rings. The molecule has 2 heterocycles. The topological polar surface area (TPSA) is 49.6 Å². The van der Waals surface area contributed by atoms with Crippen LogP contribution in [0, 0.1) is 0 Å². The molecular weight excluding hydrogens is 398 g/mol. The average molecular weight is 424 g/mol. The summed E-state index contributed by atoms with van der Waals surface area (Å²) in [5.74, 6) is 0.987. The highest BCUT2D eigenvalue weighted by molar-refractivity contribution is 6.30. The van der Waals surface area contributed by atoms with Crippen LogP contribution in [-0.2, 0) is 17.9 Å². The van der Waals surface area contributed by atoms with Crippen LogP contribution in [0.25, 0.3) is 11.3 Å². The van der Waals surface area contributed by atoms with Crippen molar-refractivity contribution in [3.05, 3.63) is 76.9 Å². The Morgan fingerprint density at radius 1 is 1.13 bits per heavy atom. The second kappa shape index (κ2) is 9.45. The van der Waals surface area contributed by atoms with Crippen molar-refractivity contribution < 1.29 is 9.32 Å². The van der Waals surface area contributed by atoms with E-state index in [1.54, 1.807) is 0 Å². The molecule has 1 aromatic heterocycles. The standard InChI is InChI=1S/C24H26ClN3O2/c1-27(17-21-15-23(30-26-21)19-7-3-2-4-8-19)22-10-11-24(29)28(13-12-22)16-18-6-5-9-20(25)14-18/h2-9,14-15,22H,10-13,16-17H2,1H3/t22-/m0/s1. The molecule has 2 aromatic carbocycles. The zero-order valence-corrected chi connectivity index (χ0v) is 17.9. The normalized spacial score (nSPS) is 17.4. The van der Waals surface area contributed by atoms with Gasteiger partial charge in [0.15, 0.2) is 5.76 Å². The van der Waals surface area contributed by atoms with E-state index in [0.29, 0.717) is 30.6 Å². The summed E-state index contributed by atoms with van der Waals surface area (Å²) in [5.41, 5.74) is 3.00. The first kappa shape index (κ1) is 20.6. The monoisotopic (exact) mass is 423 g/mol. The van der Waals surface area contributed by atoms with Gasteiger partial charge >= 0.3 is 0 Å². The first-order valence-electron chi connectivity index (χ1n) is 10.3. The second-order valence-electron chi connectivity index (χ2n) is 7.89. The van der Waals surface area contributed by atoms with Gasteiger partial charge in [-0.25, -0.2) is 0 Å². The van der Waals surface area contributed by atoms with Gasteiger partial charge in [-0.1, -0.05) is 59.2 Å². The first-order chi connectivity index (χ1) is 14.6. The molecule has 0 unspecified atom stereocenters. The van der Waals surface area contributed by atoms with E-state index in [0.717, 1.165) is 42.0 Å². The fraction of sp³-hybridized carbons (Fsp3) is 0.333. The fourth-order valence-corrected chi connectivity index (χ4v) is 4.21. The van der Waals surface area contributed by atoms with E-state index in [9.17, 15) is 4.79 Å². The maximum Gasteiger partial charge on any atom is 0.222 e. The van der Waals surface area contributed by atoms with Crippen LogP contribution in [0.3, 0.4) is 0 Å². The molecule has 0 spiro atoms. The second-order valence-corrected chi connectivity index (χ2v) is 8.33. The van der Waals surface area contributed by atoms with Gasteiger partial charge in [-0.2, -0.15) is 0 Å². The summed E-state index contributed by atoms with van der Waals surface area (Å²) >= 11 is 6.09. The first-order valence-corrected chi connectivity index (χ1v) is 10.7. The van der Waals surface area contributed by atoms with Gasteiger partial charge in [0.2, 0.25) is 5.91 Å². The molecule has 4 rings (SSSR count). The van der Waals surface area contributed by atoms with E-state index in [2.05, 4.69) is 17.1 Å². The molecule has 156 valence electrons. The van der Waals surface area contributed by atoms with Crippen molar-refractivity contribution in [1.29, 1.82) is 0 Å². The Balaban J connectivity index is 1.36. The summed E-state index contributed by atoms with van der Waals surface area (Å²) in [7, 11) is 2.10. The zero-order valence-electron chi connectivity index (χ0n) is 17.1. The molecule has 0 bridgehead atoms. The Kier molecular flexibility index (Phi) is 6.50. The number of carbonyl (C=O) groups is 1. The molecule has 1 fully saturated rings. The molecule has 1 aliphatic heterocycles. The molecule has 1 amide bonds. The molecule has 1 aliphatic rings. The molecule has 0 radical (unpaired) electrons. The number of hydrogen-bond donors (Lipinski definition) is 0. The van der Waals surface area contributed by atoms with Crippen LogP contribution >= 0.6 is 11.6 Å². The quantitative estimate of drug-likeness (QED) is 0.559. The summed E-state index contributed by atoms with van der Waals surface area (Å²) in [6, 6.07) is 20.0. The lowest BCUT2D eigenvalue weighted by Gasteiger charge is -2.26. The van der Waals surface area contributed by atoms with Gasteiger partial charge in [0.1, 0.15) is 0 Å². The summed E-state index contributed by atoms with van der Waals surface area (Å²) in [6.45, 7) is 2.05. The van der Waals surface area contributed by atoms with E-state index >= 15 is 0 Å². The van der Waals surface area contributed by atoms with Crippen molar-refractivity contribution in [1.82, 2.24) is 15.0 Å². The molecule has 0 aliphatic carbocycles. The van der Waals surface area contributed by atoms with Crippen molar-refractivity contribution in [2.75, 3.05) is 13.6 Å². The largest absolute Gasteiger partial charge is 0.356 e. The molecule has 30 heavy (non-hydrogen) atoms. The van der Waals surface area contributed by atoms with E-state index in [-0.39, 0.29) is 5.91 Å². The lowest BCUT2D eigenvalue weighted by atomic mass is 10.1. The van der Waals surface area contributed by atoms with Gasteiger partial charge in [0.05, 0.1) is 5.69 Å². The highest BCUT2D eigenvalue weighted by atomic mass is 35.5. The van der Waals surface area contributed by atoms with E-state index in [1.165, 1.54) is 0 Å². The third-order valence-electron chi connectivity index (χ3n) is 5.69. The third-order valence-corrected chi connectivity index (χ3v) is 5.93. The number of aromatic nitrogens is 1. The van der Waals surface area contributed by atoms with Crippen molar-refractivity contribution in [2.45, 2.75) is 38.4 Å². The lowest BCUT2D eigenvalue weighted by Crippen LogP contribution is -2.33. The maximum absolute atomic E-state index is 12.6. The Morgan fingerprint density at radius 3 is 2.77 bits per heavy atom. The summed E-state index contributed by atoms with van der Waals surface area (Å²) < 4.78 is 5.52. The Morgan fingerprint density at radius 2 is 1.97 bits per heavy atom. The number of benzene rings is 2. The van der Waals surface area contributed by atoms with Crippen LogP contribution in [0.1, 0.15) is 30.5 Å². The highest BCUT2D eigenvalue weighted by Crippen LogP contribution is 2.23. The van der Waals surface area contributed by atoms with Gasteiger partial charge < -0.3 is 9.42 Å². The van der Waals surface area contributed by atoms with Crippen molar-refractivity contribution >= 4 is 17.5 Å². The Labute approximate surface area is 182 Å². The van der Waals surface area contributed by atoms with Gasteiger partial charge in [-0.3, -0.25) is 9.69 Å². The smallest absolute Gasteiger partial charge is 0.222 e. The molecule has 6 heteroatoms. The van der Waals surface area contributed by atoms with Crippen molar-refractivity contribution in [3.63, 3.8) is 0 Å². The average Bonchev–Trinajstić information content (AvgIpc) is 3.13. The van der Waals surface area contributed by atoms with E-state index in [4.69, 9.17) is 16.1 Å². The predicted octanol–water partition coefficient (Wildman–Crippen LogP) is 5.01. The third kappa shape index (κ3) is 5.10. The number of nitrogens with zero attached hydrogens (tertiary/aromatic N) is 3. The molecular formula is C24H26ClN3O2. The maximum atomic E-state index is 12.6. The minimum absolute atomic E-state index is 0.207. The minimum Gasteiger partial charge on any atom is -0.356 e. The number of carbonyl (C=O) groups excluding carboxylic acids is 1. The predicted molar refractivity (Wildman–Crippen MR) is 118 cm³/mol. The summed E-state index contributed by atoms with van der Waals surface area (Å²) in [6.07, 6.45) is 2.35. The van der Waals surface area contributed by atoms with Crippen molar-refractivity contribution in [2.24, 2.45) is 0 Å². The van der Waals surface area contributed by atoms with Crippen LogP contribution in [0.15, 0.2) is 65.2 Å². The molecule has 0 saturated carbocycles. The van der Waals surface area contributed by atoms with E-state index in [1.807, 2.05) is 65.6 Å². The van der Waals surface area contributed by atoms with Crippen LogP contribution < -0.4 is 0 Å². The summed E-state index contributed by atoms with van der Waals surface area (Å²) in [5, 5.41) is 4.94. The molecule has 0 N–H and O–H groups in total. The molecule has 1 atom stereocenters. The van der Waals surface area contributed by atoms with E-state index < -0.39 is 0 Å². The minimum atomic E-state index is 0.207. The number of halogens is 1. The van der Waals surface area contributed by atoms with Gasteiger partial charge in [0.25, 0.3) is 0 Å². The number of likely N-dealkylation sites (tertiary alicyclic amines) is 1. The lowest BCUT2D eigenvalue weighted by molar-refractivity contribution is -0.131. The summed E-state index contributed by atoms with van der Waals surface area (Å²) in [4.78, 5) is 16.9. The van der Waals surface area contributed by atoms with Gasteiger partial charge in [-0.05, 0) is 37.6 Å². The van der Waals surface area contributed by atoms with Crippen LogP contribution in [-0.4, -0.2) is 40.5 Å². The van der Waals surface area contributed by atoms with Crippen LogP contribution in [0.2, 0.25) is 5.02 Å². The van der Waals surface area contributed by atoms with Gasteiger partial charge in [0, 0.05) is 48.7 Å². The van der Waals surface area contributed by atoms with Gasteiger partial charge in [-0.15, -0.1) is 0 Å². The fourth-order valence-electron chi connectivity index (χ4n) is 4.00. The highest BCUT2D eigenvalue weighted by Gasteiger charge is 2.25. The zero-order chi connectivity index (χ0) is 20.9. The van der Waals surface area contributed by atoms with Crippen LogP contribution in [0.4, 0.5) is 0 Å². The Hall–Kier alpha value is -2.63.